The van der Waals surface area contributed by atoms with Crippen LogP contribution < -0.4 is 19.5 Å². The van der Waals surface area contributed by atoms with E-state index in [1.165, 1.54) is 0 Å². The van der Waals surface area contributed by atoms with Crippen molar-refractivity contribution in [3.05, 3.63) is 53.1 Å². The number of amides is 1. The Labute approximate surface area is 146 Å². The Morgan fingerprint density at radius 2 is 1.88 bits per heavy atom. The molecule has 0 saturated heterocycles. The molecule has 5 nitrogen and oxygen atoms in total. The lowest BCUT2D eigenvalue weighted by atomic mass is 10.1. The molecule has 1 N–H and O–H groups in total. The number of carbonyl (C=O) groups is 1. The molecule has 2 aliphatic rings. The Morgan fingerprint density at radius 1 is 1.08 bits per heavy atom. The molecule has 4 rings (SSSR count). The third-order valence-corrected chi connectivity index (χ3v) is 4.42. The second kappa shape index (κ2) is 6.67. The quantitative estimate of drug-likeness (QED) is 0.934. The fraction of sp³-hybridized carbons (Fsp3) is 0.350. The summed E-state index contributed by atoms with van der Waals surface area (Å²) in [6, 6.07) is 11.4. The van der Waals surface area contributed by atoms with Crippen LogP contribution in [0.3, 0.4) is 0 Å². The minimum atomic E-state index is -0.0885. The molecule has 2 heterocycles. The number of rotatable bonds is 3. The zero-order valence-electron chi connectivity index (χ0n) is 14.2. The van der Waals surface area contributed by atoms with Crippen LogP contribution in [0.4, 0.5) is 0 Å². The second-order valence-corrected chi connectivity index (χ2v) is 6.47. The van der Waals surface area contributed by atoms with Crippen LogP contribution >= 0.6 is 0 Å². The zero-order valence-corrected chi connectivity index (χ0v) is 14.2. The first-order valence-corrected chi connectivity index (χ1v) is 8.65. The lowest BCUT2D eigenvalue weighted by Gasteiger charge is -2.10. The molecule has 0 saturated carbocycles. The van der Waals surface area contributed by atoms with Crippen molar-refractivity contribution in [1.29, 1.82) is 0 Å². The van der Waals surface area contributed by atoms with Crippen molar-refractivity contribution in [2.45, 2.75) is 32.4 Å². The van der Waals surface area contributed by atoms with Crippen molar-refractivity contribution in [2.75, 3.05) is 13.2 Å². The summed E-state index contributed by atoms with van der Waals surface area (Å²) in [5.74, 6) is 2.30. The van der Waals surface area contributed by atoms with E-state index in [0.717, 1.165) is 41.2 Å². The number of nitrogens with one attached hydrogen (secondary N) is 1. The summed E-state index contributed by atoms with van der Waals surface area (Å²) in [7, 11) is 0. The third-order valence-electron chi connectivity index (χ3n) is 4.42. The Bertz CT molecular complexity index is 802. The first-order valence-electron chi connectivity index (χ1n) is 8.65. The predicted molar refractivity (Wildman–Crippen MR) is 93.5 cm³/mol. The van der Waals surface area contributed by atoms with Crippen molar-refractivity contribution >= 4 is 5.91 Å². The molecule has 5 heteroatoms. The largest absolute Gasteiger partial charge is 0.490 e. The fourth-order valence-electron chi connectivity index (χ4n) is 3.17. The van der Waals surface area contributed by atoms with Gasteiger partial charge >= 0.3 is 0 Å². The van der Waals surface area contributed by atoms with Gasteiger partial charge in [-0.2, -0.15) is 0 Å². The van der Waals surface area contributed by atoms with Gasteiger partial charge in [-0.15, -0.1) is 0 Å². The normalized spacial score (nSPS) is 18.0. The molecule has 0 aliphatic carbocycles. The van der Waals surface area contributed by atoms with Crippen molar-refractivity contribution in [3.8, 4) is 17.2 Å². The number of hydrogen-bond donors (Lipinski definition) is 1. The van der Waals surface area contributed by atoms with E-state index < -0.39 is 0 Å². The molecule has 0 radical (unpaired) electrons. The smallest absolute Gasteiger partial charge is 0.251 e. The number of benzene rings is 2. The fourth-order valence-corrected chi connectivity index (χ4v) is 3.17. The summed E-state index contributed by atoms with van der Waals surface area (Å²) >= 11 is 0. The van der Waals surface area contributed by atoms with E-state index in [2.05, 4.69) is 5.32 Å². The molecule has 2 aromatic rings. The molecule has 25 heavy (non-hydrogen) atoms. The summed E-state index contributed by atoms with van der Waals surface area (Å²) in [6.07, 6.45) is 1.90. The van der Waals surface area contributed by atoms with E-state index >= 15 is 0 Å². The lowest BCUT2D eigenvalue weighted by Crippen LogP contribution is -2.22. The van der Waals surface area contributed by atoms with Gasteiger partial charge in [0.05, 0.1) is 13.2 Å². The van der Waals surface area contributed by atoms with Gasteiger partial charge < -0.3 is 19.5 Å². The first kappa shape index (κ1) is 15.8. The van der Waals surface area contributed by atoms with Crippen molar-refractivity contribution in [3.63, 3.8) is 0 Å². The molecule has 0 bridgehead atoms. The van der Waals surface area contributed by atoms with E-state index in [1.807, 2.05) is 37.3 Å². The van der Waals surface area contributed by atoms with Crippen molar-refractivity contribution in [2.24, 2.45) is 0 Å². The SMILES string of the molecule is C[C@H]1Cc2cc(C(=O)NCc3ccc4c(c3)OCCCO4)ccc2O1. The average Bonchev–Trinajstić information content (AvgIpc) is 2.83. The van der Waals surface area contributed by atoms with E-state index in [0.29, 0.717) is 25.3 Å². The van der Waals surface area contributed by atoms with Gasteiger partial charge in [-0.25, -0.2) is 0 Å². The van der Waals surface area contributed by atoms with E-state index in [9.17, 15) is 4.79 Å². The first-order chi connectivity index (χ1) is 12.2. The van der Waals surface area contributed by atoms with Crippen LogP contribution in [-0.4, -0.2) is 25.2 Å². The Balaban J connectivity index is 1.42. The molecule has 130 valence electrons. The van der Waals surface area contributed by atoms with Crippen molar-refractivity contribution in [1.82, 2.24) is 5.32 Å². The van der Waals surface area contributed by atoms with Gasteiger partial charge in [0.2, 0.25) is 0 Å². The Morgan fingerprint density at radius 3 is 2.76 bits per heavy atom. The van der Waals surface area contributed by atoms with E-state index in [4.69, 9.17) is 14.2 Å². The molecule has 1 atom stereocenters. The highest BCUT2D eigenvalue weighted by Gasteiger charge is 2.20. The van der Waals surface area contributed by atoms with E-state index in [-0.39, 0.29) is 12.0 Å². The summed E-state index contributed by atoms with van der Waals surface area (Å²) in [6.45, 7) is 3.80. The average molecular weight is 339 g/mol. The highest BCUT2D eigenvalue weighted by atomic mass is 16.5. The van der Waals surface area contributed by atoms with Crippen LogP contribution in [0, 0.1) is 0 Å². The predicted octanol–water partition coefficient (Wildman–Crippen LogP) is 3.10. The molecular formula is C20H21NO4. The topological polar surface area (TPSA) is 56.8 Å². The highest BCUT2D eigenvalue weighted by molar-refractivity contribution is 5.94. The second-order valence-electron chi connectivity index (χ2n) is 6.47. The van der Waals surface area contributed by atoms with Gasteiger partial charge in [0.1, 0.15) is 11.9 Å². The third kappa shape index (κ3) is 3.40. The molecule has 0 fully saturated rings. The molecule has 2 aliphatic heterocycles. The Hall–Kier alpha value is -2.69. The maximum atomic E-state index is 12.4. The van der Waals surface area contributed by atoms with Crippen LogP contribution in [-0.2, 0) is 13.0 Å². The molecule has 2 aromatic carbocycles. The van der Waals surface area contributed by atoms with Gasteiger partial charge in [0.15, 0.2) is 11.5 Å². The summed E-state index contributed by atoms with van der Waals surface area (Å²) in [5.41, 5.74) is 2.73. The standard InChI is InChI=1S/C20H21NO4/c1-13-9-16-11-15(4-6-17(16)25-13)20(22)21-12-14-3-5-18-19(10-14)24-8-2-7-23-18/h3-6,10-11,13H,2,7-9,12H2,1H3,(H,21,22)/t13-/m0/s1. The van der Waals surface area contributed by atoms with Crippen LogP contribution in [0.5, 0.6) is 17.2 Å². The Kier molecular flexibility index (Phi) is 4.22. The minimum Gasteiger partial charge on any atom is -0.490 e. The molecule has 0 spiro atoms. The number of fused-ring (bicyclic) bond motifs is 2. The number of ether oxygens (including phenoxy) is 3. The van der Waals surface area contributed by atoms with Gasteiger partial charge in [-0.3, -0.25) is 4.79 Å². The van der Waals surface area contributed by atoms with Gasteiger partial charge in [-0.1, -0.05) is 6.07 Å². The van der Waals surface area contributed by atoms with Crippen LogP contribution in [0.15, 0.2) is 36.4 Å². The highest BCUT2D eigenvalue weighted by Crippen LogP contribution is 2.31. The summed E-state index contributed by atoms with van der Waals surface area (Å²) < 4.78 is 17.0. The van der Waals surface area contributed by atoms with Crippen LogP contribution in [0.1, 0.15) is 34.8 Å². The minimum absolute atomic E-state index is 0.0885. The van der Waals surface area contributed by atoms with Crippen LogP contribution in [0.2, 0.25) is 0 Å². The molecule has 0 aromatic heterocycles. The number of hydrogen-bond acceptors (Lipinski definition) is 4. The van der Waals surface area contributed by atoms with E-state index in [1.54, 1.807) is 6.07 Å². The zero-order chi connectivity index (χ0) is 17.2. The van der Waals surface area contributed by atoms with Gasteiger partial charge in [0, 0.05) is 24.9 Å². The molecule has 1 amide bonds. The van der Waals surface area contributed by atoms with Crippen LogP contribution in [0.25, 0.3) is 0 Å². The monoisotopic (exact) mass is 339 g/mol. The van der Waals surface area contributed by atoms with Gasteiger partial charge in [-0.05, 0) is 48.4 Å². The summed E-state index contributed by atoms with van der Waals surface area (Å²) in [5, 5.41) is 2.96. The molecule has 0 unspecified atom stereocenters. The number of carbonyl (C=O) groups excluding carboxylic acids is 1. The van der Waals surface area contributed by atoms with Crippen molar-refractivity contribution < 1.29 is 19.0 Å². The molecular weight excluding hydrogens is 318 g/mol. The maximum absolute atomic E-state index is 12.4. The maximum Gasteiger partial charge on any atom is 0.251 e. The summed E-state index contributed by atoms with van der Waals surface area (Å²) in [4.78, 5) is 12.4. The lowest BCUT2D eigenvalue weighted by molar-refractivity contribution is 0.0951. The van der Waals surface area contributed by atoms with Gasteiger partial charge in [0.25, 0.3) is 5.91 Å².